The smallest absolute Gasteiger partial charge is 0.244 e. The van der Waals surface area contributed by atoms with Gasteiger partial charge in [-0.3, -0.25) is 13.9 Å². The zero-order valence-corrected chi connectivity index (χ0v) is 21.4. The number of benzene rings is 2. The van der Waals surface area contributed by atoms with Crippen LogP contribution in [0.2, 0.25) is 5.02 Å². The molecule has 1 saturated carbocycles. The van der Waals surface area contributed by atoms with E-state index in [1.54, 1.807) is 26.0 Å². The Hall–Kier alpha value is -2.58. The molecule has 0 aliphatic heterocycles. The number of halogens is 1. The minimum Gasteiger partial charge on any atom is -0.352 e. The zero-order chi connectivity index (χ0) is 24.9. The van der Waals surface area contributed by atoms with Crippen LogP contribution in [0.15, 0.2) is 48.5 Å². The van der Waals surface area contributed by atoms with Crippen molar-refractivity contribution in [2.75, 3.05) is 17.1 Å². The van der Waals surface area contributed by atoms with Gasteiger partial charge in [-0.2, -0.15) is 0 Å². The molecule has 2 aromatic carbocycles. The summed E-state index contributed by atoms with van der Waals surface area (Å²) in [5.74, 6) is -0.705. The van der Waals surface area contributed by atoms with Crippen molar-refractivity contribution in [1.29, 1.82) is 0 Å². The number of aryl methyl sites for hydroxylation is 1. The van der Waals surface area contributed by atoms with Gasteiger partial charge in [-0.25, -0.2) is 8.42 Å². The second-order valence-electron chi connectivity index (χ2n) is 8.87. The maximum atomic E-state index is 13.6. The molecule has 0 heterocycles. The van der Waals surface area contributed by atoms with E-state index in [2.05, 4.69) is 5.32 Å². The lowest BCUT2D eigenvalue weighted by atomic mass is 10.1. The zero-order valence-electron chi connectivity index (χ0n) is 19.8. The van der Waals surface area contributed by atoms with Crippen LogP contribution in [-0.4, -0.2) is 50.0 Å². The third kappa shape index (κ3) is 6.73. The van der Waals surface area contributed by atoms with Crippen LogP contribution >= 0.6 is 11.6 Å². The third-order valence-electron chi connectivity index (χ3n) is 6.18. The molecule has 1 atom stereocenters. The lowest BCUT2D eigenvalue weighted by Crippen LogP contribution is -2.52. The number of nitrogens with zero attached hydrogens (tertiary/aromatic N) is 2. The highest BCUT2D eigenvalue weighted by Gasteiger charge is 2.31. The summed E-state index contributed by atoms with van der Waals surface area (Å²) in [5, 5.41) is 3.42. The quantitative estimate of drug-likeness (QED) is 0.560. The van der Waals surface area contributed by atoms with Gasteiger partial charge in [0.1, 0.15) is 12.6 Å². The molecule has 0 radical (unpaired) electrons. The molecule has 1 unspecified atom stereocenters. The summed E-state index contributed by atoms with van der Waals surface area (Å²) in [7, 11) is -3.80. The normalized spacial score (nSPS) is 15.1. The van der Waals surface area contributed by atoms with E-state index in [4.69, 9.17) is 11.6 Å². The van der Waals surface area contributed by atoms with Crippen molar-refractivity contribution < 1.29 is 18.0 Å². The number of hydrogen-bond donors (Lipinski definition) is 1. The summed E-state index contributed by atoms with van der Waals surface area (Å²) in [6, 6.07) is 13.6. The maximum Gasteiger partial charge on any atom is 0.244 e. The maximum absolute atomic E-state index is 13.6. The van der Waals surface area contributed by atoms with E-state index in [1.165, 1.54) is 11.0 Å². The van der Waals surface area contributed by atoms with E-state index in [9.17, 15) is 18.0 Å². The number of rotatable bonds is 9. The molecule has 1 aliphatic carbocycles. The Morgan fingerprint density at radius 1 is 1.12 bits per heavy atom. The summed E-state index contributed by atoms with van der Waals surface area (Å²) in [6.07, 6.45) is 5.07. The van der Waals surface area contributed by atoms with E-state index < -0.39 is 28.5 Å². The molecule has 0 aromatic heterocycles. The molecule has 2 aromatic rings. The number of nitrogens with one attached hydrogen (secondary N) is 1. The van der Waals surface area contributed by atoms with Crippen molar-refractivity contribution in [3.63, 3.8) is 0 Å². The standard InChI is InChI=1S/C25H32ClN3O4S/c1-18-13-14-21(26)15-23(18)29(34(3,32)33)17-24(30)28(16-20-9-5-4-6-10-20)19(2)25(31)27-22-11-7-8-12-22/h4-6,9-10,13-15,19,22H,7-8,11-12,16-17H2,1-3H3,(H,27,31). The van der Waals surface area contributed by atoms with E-state index in [0.29, 0.717) is 16.3 Å². The first-order valence-corrected chi connectivity index (χ1v) is 13.7. The van der Waals surface area contributed by atoms with Crippen LogP contribution in [0.3, 0.4) is 0 Å². The number of carbonyl (C=O) groups excluding carboxylic acids is 2. The first-order valence-electron chi connectivity index (χ1n) is 11.4. The van der Waals surface area contributed by atoms with Gasteiger partial charge in [0.25, 0.3) is 0 Å². The topological polar surface area (TPSA) is 86.8 Å². The van der Waals surface area contributed by atoms with Gasteiger partial charge >= 0.3 is 0 Å². The second-order valence-corrected chi connectivity index (χ2v) is 11.2. The summed E-state index contributed by atoms with van der Waals surface area (Å²) in [5.41, 5.74) is 1.86. The predicted molar refractivity (Wildman–Crippen MR) is 135 cm³/mol. The summed E-state index contributed by atoms with van der Waals surface area (Å²) in [4.78, 5) is 28.0. The van der Waals surface area contributed by atoms with Crippen molar-refractivity contribution in [3.05, 3.63) is 64.7 Å². The molecule has 1 aliphatic rings. The molecule has 0 bridgehead atoms. The first kappa shape index (κ1) is 26.0. The van der Waals surface area contributed by atoms with Gasteiger partial charge in [0.05, 0.1) is 11.9 Å². The third-order valence-corrected chi connectivity index (χ3v) is 7.55. The van der Waals surface area contributed by atoms with Crippen LogP contribution in [0.4, 0.5) is 5.69 Å². The van der Waals surface area contributed by atoms with E-state index in [0.717, 1.165) is 41.8 Å². The van der Waals surface area contributed by atoms with Gasteiger partial charge < -0.3 is 10.2 Å². The monoisotopic (exact) mass is 505 g/mol. The average Bonchev–Trinajstić information content (AvgIpc) is 3.30. The van der Waals surface area contributed by atoms with Gasteiger partial charge in [0, 0.05) is 17.6 Å². The Balaban J connectivity index is 1.89. The summed E-state index contributed by atoms with van der Waals surface area (Å²) >= 11 is 6.12. The number of hydrogen-bond acceptors (Lipinski definition) is 4. The number of amides is 2. The van der Waals surface area contributed by atoms with Crippen molar-refractivity contribution in [2.45, 2.75) is 58.2 Å². The summed E-state index contributed by atoms with van der Waals surface area (Å²) < 4.78 is 26.4. The minimum absolute atomic E-state index is 0.116. The van der Waals surface area contributed by atoms with E-state index in [1.807, 2.05) is 30.3 Å². The number of carbonyl (C=O) groups is 2. The van der Waals surface area contributed by atoms with Gasteiger partial charge in [0.15, 0.2) is 0 Å². The fourth-order valence-electron chi connectivity index (χ4n) is 4.20. The molecule has 2 amide bonds. The second kappa shape index (κ2) is 11.2. The highest BCUT2D eigenvalue weighted by atomic mass is 35.5. The average molecular weight is 506 g/mol. The lowest BCUT2D eigenvalue weighted by molar-refractivity contribution is -0.139. The predicted octanol–water partition coefficient (Wildman–Crippen LogP) is 3.89. The van der Waals surface area contributed by atoms with Crippen LogP contribution in [0.5, 0.6) is 0 Å². The molecule has 34 heavy (non-hydrogen) atoms. The van der Waals surface area contributed by atoms with Crippen molar-refractivity contribution in [1.82, 2.24) is 10.2 Å². The lowest BCUT2D eigenvalue weighted by Gasteiger charge is -2.32. The van der Waals surface area contributed by atoms with Crippen LogP contribution < -0.4 is 9.62 Å². The molecule has 1 fully saturated rings. The Kier molecular flexibility index (Phi) is 8.60. The van der Waals surface area contributed by atoms with Gasteiger partial charge in [0.2, 0.25) is 21.8 Å². The van der Waals surface area contributed by atoms with Crippen LogP contribution in [0.1, 0.15) is 43.7 Å². The Morgan fingerprint density at radius 3 is 2.38 bits per heavy atom. The largest absolute Gasteiger partial charge is 0.352 e. The fourth-order valence-corrected chi connectivity index (χ4v) is 5.27. The molecule has 1 N–H and O–H groups in total. The Morgan fingerprint density at radius 2 is 1.76 bits per heavy atom. The molecule has 0 spiro atoms. The Labute approximate surface area is 207 Å². The Bertz CT molecular complexity index is 1120. The molecular formula is C25H32ClN3O4S. The molecule has 7 nitrogen and oxygen atoms in total. The van der Waals surface area contributed by atoms with Gasteiger partial charge in [-0.1, -0.05) is 60.8 Å². The molecule has 0 saturated heterocycles. The van der Waals surface area contributed by atoms with Crippen LogP contribution in [0, 0.1) is 6.92 Å². The summed E-state index contributed by atoms with van der Waals surface area (Å²) in [6.45, 7) is 3.19. The first-order chi connectivity index (χ1) is 16.1. The number of anilines is 1. The van der Waals surface area contributed by atoms with Crippen LogP contribution in [0.25, 0.3) is 0 Å². The van der Waals surface area contributed by atoms with Crippen molar-refractivity contribution in [3.8, 4) is 0 Å². The minimum atomic E-state index is -3.80. The van der Waals surface area contributed by atoms with Crippen LogP contribution in [-0.2, 0) is 26.2 Å². The molecule has 184 valence electrons. The van der Waals surface area contributed by atoms with Gasteiger partial charge in [-0.15, -0.1) is 0 Å². The SMILES string of the molecule is Cc1ccc(Cl)cc1N(CC(=O)N(Cc1ccccc1)C(C)C(=O)NC1CCCC1)S(C)(=O)=O. The highest BCUT2D eigenvalue weighted by molar-refractivity contribution is 7.92. The van der Waals surface area contributed by atoms with E-state index >= 15 is 0 Å². The van der Waals surface area contributed by atoms with Crippen molar-refractivity contribution >= 4 is 39.1 Å². The molecular weight excluding hydrogens is 474 g/mol. The molecule has 3 rings (SSSR count). The van der Waals surface area contributed by atoms with E-state index in [-0.39, 0.29) is 18.5 Å². The molecule has 9 heteroatoms. The van der Waals surface area contributed by atoms with Crippen molar-refractivity contribution in [2.24, 2.45) is 0 Å². The fraction of sp³-hybridized carbons (Fsp3) is 0.440. The number of sulfonamides is 1. The van der Waals surface area contributed by atoms with Gasteiger partial charge in [-0.05, 0) is 49.9 Å². The highest BCUT2D eigenvalue weighted by Crippen LogP contribution is 2.27.